The molecule has 0 spiro atoms. The zero-order valence-corrected chi connectivity index (χ0v) is 13.2. The van der Waals surface area contributed by atoms with E-state index in [0.29, 0.717) is 43.0 Å². The maximum atomic E-state index is 12.1. The molecule has 2 aliphatic rings. The Hall–Kier alpha value is -2.12. The number of aliphatic imine (C=N–C) groups is 1. The van der Waals surface area contributed by atoms with E-state index in [1.54, 1.807) is 24.3 Å². The smallest absolute Gasteiger partial charge is 0.252 e. The topological polar surface area (TPSA) is 83.0 Å². The first kappa shape index (κ1) is 15.8. The zero-order chi connectivity index (χ0) is 16.2. The van der Waals surface area contributed by atoms with Crippen LogP contribution in [0.1, 0.15) is 6.42 Å². The zero-order valence-electron chi connectivity index (χ0n) is 12.4. The van der Waals surface area contributed by atoms with Crippen molar-refractivity contribution in [1.29, 1.82) is 0 Å². The van der Waals surface area contributed by atoms with Gasteiger partial charge in [-0.2, -0.15) is 0 Å². The number of anilines is 1. The SMILES string of the molecule is O=C(C[C@@H]1N=C(N2CCOCC2)NC1=O)Nc1ccccc1Cl. The fraction of sp³-hybridized carbons (Fsp3) is 0.400. The van der Waals surface area contributed by atoms with Crippen LogP contribution in [0, 0.1) is 0 Å². The van der Waals surface area contributed by atoms with E-state index in [9.17, 15) is 9.59 Å². The van der Waals surface area contributed by atoms with E-state index in [0.717, 1.165) is 0 Å². The molecule has 0 unspecified atom stereocenters. The Kier molecular flexibility index (Phi) is 4.78. The molecule has 8 heteroatoms. The Morgan fingerprint density at radius 3 is 2.87 bits per heavy atom. The Balaban J connectivity index is 1.60. The number of morpholine rings is 1. The first-order valence-corrected chi connectivity index (χ1v) is 7.77. The average Bonchev–Trinajstić information content (AvgIpc) is 2.91. The van der Waals surface area contributed by atoms with Crippen molar-refractivity contribution in [2.45, 2.75) is 12.5 Å². The summed E-state index contributed by atoms with van der Waals surface area (Å²) in [5.74, 6) is -0.0418. The molecule has 23 heavy (non-hydrogen) atoms. The van der Waals surface area contributed by atoms with Gasteiger partial charge in [0, 0.05) is 13.1 Å². The molecule has 7 nitrogen and oxygen atoms in total. The Morgan fingerprint density at radius 1 is 1.39 bits per heavy atom. The van der Waals surface area contributed by atoms with Crippen molar-refractivity contribution in [1.82, 2.24) is 10.2 Å². The molecule has 2 heterocycles. The molecule has 2 N–H and O–H groups in total. The van der Waals surface area contributed by atoms with Crippen molar-refractivity contribution in [2.24, 2.45) is 4.99 Å². The molecular formula is C15H17ClN4O3. The lowest BCUT2D eigenvalue weighted by molar-refractivity contribution is -0.124. The number of benzene rings is 1. The van der Waals surface area contributed by atoms with E-state index >= 15 is 0 Å². The molecule has 1 aromatic rings. The third-order valence-corrected chi connectivity index (χ3v) is 3.98. The standard InChI is InChI=1S/C15H17ClN4O3/c16-10-3-1-2-4-11(10)17-13(21)9-12-14(22)19-15(18-12)20-5-7-23-8-6-20/h1-4,12H,5-9H2,(H,17,21)(H,18,19,22)/t12-/m0/s1. The van der Waals surface area contributed by atoms with Gasteiger partial charge < -0.3 is 15.0 Å². The van der Waals surface area contributed by atoms with Gasteiger partial charge in [0.2, 0.25) is 11.9 Å². The minimum Gasteiger partial charge on any atom is -0.378 e. The Bertz CT molecular complexity index is 643. The summed E-state index contributed by atoms with van der Waals surface area (Å²) in [7, 11) is 0. The van der Waals surface area contributed by atoms with Gasteiger partial charge in [0.1, 0.15) is 6.04 Å². The van der Waals surface area contributed by atoms with Crippen molar-refractivity contribution in [3.63, 3.8) is 0 Å². The highest BCUT2D eigenvalue weighted by Crippen LogP contribution is 2.21. The fourth-order valence-electron chi connectivity index (χ4n) is 2.45. The number of hydrogen-bond acceptors (Lipinski definition) is 5. The third-order valence-electron chi connectivity index (χ3n) is 3.65. The number of rotatable bonds is 3. The lowest BCUT2D eigenvalue weighted by atomic mass is 10.2. The summed E-state index contributed by atoms with van der Waals surface area (Å²) in [6.07, 6.45) is -0.0229. The molecule has 0 bridgehead atoms. The maximum absolute atomic E-state index is 12.1. The van der Waals surface area contributed by atoms with Crippen LogP contribution in [0.5, 0.6) is 0 Å². The van der Waals surface area contributed by atoms with E-state index in [1.165, 1.54) is 0 Å². The summed E-state index contributed by atoms with van der Waals surface area (Å²) in [5.41, 5.74) is 0.523. The van der Waals surface area contributed by atoms with E-state index in [-0.39, 0.29) is 18.2 Å². The molecule has 2 amide bonds. The molecule has 0 radical (unpaired) electrons. The molecule has 1 saturated heterocycles. The summed E-state index contributed by atoms with van der Waals surface area (Å²) in [4.78, 5) is 30.4. The van der Waals surface area contributed by atoms with Crippen LogP contribution in [-0.4, -0.2) is 55.0 Å². The average molecular weight is 337 g/mol. The van der Waals surface area contributed by atoms with Crippen LogP contribution >= 0.6 is 11.6 Å². The number of nitrogens with one attached hydrogen (secondary N) is 2. The van der Waals surface area contributed by atoms with Gasteiger partial charge in [0.05, 0.1) is 30.3 Å². The van der Waals surface area contributed by atoms with Gasteiger partial charge in [0.25, 0.3) is 5.91 Å². The van der Waals surface area contributed by atoms with Crippen LogP contribution in [0.25, 0.3) is 0 Å². The molecule has 0 saturated carbocycles. The number of carbonyl (C=O) groups is 2. The molecule has 1 atom stereocenters. The number of carbonyl (C=O) groups excluding carboxylic acids is 2. The van der Waals surface area contributed by atoms with Crippen LogP contribution in [0.4, 0.5) is 5.69 Å². The van der Waals surface area contributed by atoms with Crippen molar-refractivity contribution in [3.8, 4) is 0 Å². The van der Waals surface area contributed by atoms with Crippen molar-refractivity contribution >= 4 is 35.1 Å². The highest BCUT2D eigenvalue weighted by Gasteiger charge is 2.31. The fourth-order valence-corrected chi connectivity index (χ4v) is 2.63. The highest BCUT2D eigenvalue weighted by molar-refractivity contribution is 6.33. The number of ether oxygens (including phenoxy) is 1. The maximum Gasteiger partial charge on any atom is 0.252 e. The third kappa shape index (κ3) is 3.80. The second-order valence-corrected chi connectivity index (χ2v) is 5.70. The van der Waals surface area contributed by atoms with Crippen LogP contribution < -0.4 is 10.6 Å². The first-order valence-electron chi connectivity index (χ1n) is 7.39. The van der Waals surface area contributed by atoms with Crippen LogP contribution in [-0.2, 0) is 14.3 Å². The molecule has 3 rings (SSSR count). The Labute approximate surface area is 138 Å². The molecule has 0 aromatic heterocycles. The van der Waals surface area contributed by atoms with E-state index in [4.69, 9.17) is 16.3 Å². The molecule has 122 valence electrons. The first-order chi connectivity index (χ1) is 11.1. The number of guanidine groups is 1. The minimum atomic E-state index is -0.713. The largest absolute Gasteiger partial charge is 0.378 e. The quantitative estimate of drug-likeness (QED) is 0.857. The molecule has 2 aliphatic heterocycles. The van der Waals surface area contributed by atoms with Crippen LogP contribution in [0.15, 0.2) is 29.3 Å². The van der Waals surface area contributed by atoms with Gasteiger partial charge in [-0.3, -0.25) is 14.9 Å². The summed E-state index contributed by atoms with van der Waals surface area (Å²) < 4.78 is 5.27. The second-order valence-electron chi connectivity index (χ2n) is 5.29. The van der Waals surface area contributed by atoms with E-state index in [2.05, 4.69) is 15.6 Å². The summed E-state index contributed by atoms with van der Waals surface area (Å²) in [6, 6.07) is 6.24. The van der Waals surface area contributed by atoms with Gasteiger partial charge in [0.15, 0.2) is 0 Å². The molecule has 0 aliphatic carbocycles. The monoisotopic (exact) mass is 336 g/mol. The highest BCUT2D eigenvalue weighted by atomic mass is 35.5. The van der Waals surface area contributed by atoms with Gasteiger partial charge in [-0.1, -0.05) is 23.7 Å². The normalized spacial score (nSPS) is 20.9. The van der Waals surface area contributed by atoms with Crippen molar-refractivity contribution < 1.29 is 14.3 Å². The number of hydrogen-bond donors (Lipinski definition) is 2. The second kappa shape index (κ2) is 6.97. The van der Waals surface area contributed by atoms with Crippen LogP contribution in [0.3, 0.4) is 0 Å². The summed E-state index contributed by atoms with van der Waals surface area (Å²) in [5, 5.41) is 5.88. The van der Waals surface area contributed by atoms with Crippen molar-refractivity contribution in [2.75, 3.05) is 31.6 Å². The van der Waals surface area contributed by atoms with E-state index in [1.807, 2.05) is 4.90 Å². The predicted octanol–water partition coefficient (Wildman–Crippen LogP) is 0.855. The van der Waals surface area contributed by atoms with Gasteiger partial charge in [-0.15, -0.1) is 0 Å². The van der Waals surface area contributed by atoms with Gasteiger partial charge in [-0.25, -0.2) is 4.99 Å². The van der Waals surface area contributed by atoms with E-state index < -0.39 is 6.04 Å². The van der Waals surface area contributed by atoms with Gasteiger partial charge >= 0.3 is 0 Å². The number of nitrogens with zero attached hydrogens (tertiary/aromatic N) is 2. The molecule has 1 fully saturated rings. The number of para-hydroxylation sites is 1. The lowest BCUT2D eigenvalue weighted by Gasteiger charge is -2.27. The number of amides is 2. The van der Waals surface area contributed by atoms with Crippen LogP contribution in [0.2, 0.25) is 5.02 Å². The number of halogens is 1. The summed E-state index contributed by atoms with van der Waals surface area (Å²) in [6.45, 7) is 2.56. The van der Waals surface area contributed by atoms with Crippen molar-refractivity contribution in [3.05, 3.63) is 29.3 Å². The summed E-state index contributed by atoms with van der Waals surface area (Å²) >= 11 is 6.00. The molecule has 1 aromatic carbocycles. The van der Waals surface area contributed by atoms with Gasteiger partial charge in [-0.05, 0) is 12.1 Å². The lowest BCUT2D eigenvalue weighted by Crippen LogP contribution is -2.46. The minimum absolute atomic E-state index is 0.0229. The molecular weight excluding hydrogens is 320 g/mol. The Morgan fingerprint density at radius 2 is 2.13 bits per heavy atom. The predicted molar refractivity (Wildman–Crippen MR) is 86.5 cm³/mol.